The molecule has 0 unspecified atom stereocenters. The van der Waals surface area contributed by atoms with Crippen LogP contribution < -0.4 is 0 Å². The minimum atomic E-state index is -0.984. The average molecular weight is 354 g/mol. The number of thiophene rings is 1. The van der Waals surface area contributed by atoms with Crippen LogP contribution in [0.5, 0.6) is 0 Å². The number of hydrogen-bond acceptors (Lipinski definition) is 4. The summed E-state index contributed by atoms with van der Waals surface area (Å²) in [5, 5.41) is 11.5. The molecule has 3 rings (SSSR count). The topological polar surface area (TPSA) is 57.6 Å². The third kappa shape index (κ3) is 2.86. The molecule has 22 heavy (non-hydrogen) atoms. The normalized spacial score (nSPS) is 21.0. The zero-order chi connectivity index (χ0) is 15.7. The summed E-state index contributed by atoms with van der Waals surface area (Å²) in [4.78, 5) is 26.7. The molecule has 1 aliphatic rings. The van der Waals surface area contributed by atoms with Crippen LogP contribution in [0.15, 0.2) is 41.8 Å². The van der Waals surface area contributed by atoms with Crippen LogP contribution in [0.3, 0.4) is 0 Å². The van der Waals surface area contributed by atoms with Crippen LogP contribution in [-0.4, -0.2) is 33.7 Å². The van der Waals surface area contributed by atoms with E-state index in [0.29, 0.717) is 16.3 Å². The highest BCUT2D eigenvalue weighted by molar-refractivity contribution is 7.99. The van der Waals surface area contributed by atoms with Gasteiger partial charge in [0.15, 0.2) is 0 Å². The van der Waals surface area contributed by atoms with E-state index >= 15 is 0 Å². The Labute approximate surface area is 140 Å². The summed E-state index contributed by atoms with van der Waals surface area (Å²) in [5.41, 5.74) is 0.405. The number of carbonyl (C=O) groups is 2. The van der Waals surface area contributed by atoms with Gasteiger partial charge in [0.2, 0.25) is 0 Å². The first-order chi connectivity index (χ1) is 10.6. The lowest BCUT2D eigenvalue weighted by Gasteiger charge is -2.26. The van der Waals surface area contributed by atoms with Gasteiger partial charge in [0.25, 0.3) is 5.91 Å². The first-order valence-electron chi connectivity index (χ1n) is 6.54. The number of nitrogens with zero attached hydrogens (tertiary/aromatic N) is 1. The molecule has 0 aliphatic carbocycles. The minimum absolute atomic E-state index is 0.271. The third-order valence-corrected chi connectivity index (χ3v) is 5.99. The summed E-state index contributed by atoms with van der Waals surface area (Å²) in [6, 6.07) is 9.58. The van der Waals surface area contributed by atoms with Gasteiger partial charge in [-0.05, 0) is 29.6 Å². The molecule has 2 aromatic rings. The molecular formula is C15H12ClNO3S2. The number of hydrogen-bond donors (Lipinski definition) is 1. The van der Waals surface area contributed by atoms with Crippen molar-refractivity contribution in [1.82, 2.24) is 4.90 Å². The molecule has 2 atom stereocenters. The van der Waals surface area contributed by atoms with Gasteiger partial charge < -0.3 is 10.0 Å². The summed E-state index contributed by atoms with van der Waals surface area (Å²) >= 11 is 8.93. The average Bonchev–Trinajstić information content (AvgIpc) is 3.15. The summed E-state index contributed by atoms with van der Waals surface area (Å²) in [5.74, 6) is -0.912. The number of amides is 1. The van der Waals surface area contributed by atoms with Gasteiger partial charge in [0.1, 0.15) is 11.4 Å². The van der Waals surface area contributed by atoms with Gasteiger partial charge in [-0.15, -0.1) is 23.1 Å². The highest BCUT2D eigenvalue weighted by Crippen LogP contribution is 2.43. The van der Waals surface area contributed by atoms with Crippen LogP contribution in [0.4, 0.5) is 0 Å². The Hall–Kier alpha value is -1.50. The summed E-state index contributed by atoms with van der Waals surface area (Å²) in [6.45, 7) is 0. The van der Waals surface area contributed by atoms with Gasteiger partial charge in [0.05, 0.1) is 0 Å². The second-order valence-corrected chi connectivity index (χ2v) is 7.31. The minimum Gasteiger partial charge on any atom is -0.480 e. The van der Waals surface area contributed by atoms with Gasteiger partial charge in [-0.25, -0.2) is 4.79 Å². The van der Waals surface area contributed by atoms with Crippen LogP contribution >= 0.6 is 34.7 Å². The molecule has 7 heteroatoms. The van der Waals surface area contributed by atoms with Crippen molar-refractivity contribution < 1.29 is 14.7 Å². The summed E-state index contributed by atoms with van der Waals surface area (Å²) in [7, 11) is 0. The molecule has 1 amide bonds. The zero-order valence-electron chi connectivity index (χ0n) is 11.3. The van der Waals surface area contributed by atoms with Gasteiger partial charge >= 0.3 is 5.97 Å². The fraction of sp³-hybridized carbons (Fsp3) is 0.200. The van der Waals surface area contributed by atoms with E-state index in [1.54, 1.807) is 24.3 Å². The van der Waals surface area contributed by atoms with Crippen LogP contribution in [0.25, 0.3) is 0 Å². The smallest absolute Gasteiger partial charge is 0.327 e. The number of carboxylic acid groups (broad SMARTS) is 1. The van der Waals surface area contributed by atoms with Crippen molar-refractivity contribution >= 4 is 46.6 Å². The highest BCUT2D eigenvalue weighted by Gasteiger charge is 2.43. The van der Waals surface area contributed by atoms with Gasteiger partial charge in [-0.2, -0.15) is 0 Å². The van der Waals surface area contributed by atoms with Crippen molar-refractivity contribution in [2.75, 3.05) is 5.75 Å². The van der Waals surface area contributed by atoms with E-state index in [1.165, 1.54) is 28.0 Å². The molecule has 114 valence electrons. The molecule has 1 saturated heterocycles. The Morgan fingerprint density at radius 3 is 2.73 bits per heavy atom. The molecule has 0 radical (unpaired) electrons. The molecule has 1 fully saturated rings. The monoisotopic (exact) mass is 353 g/mol. The van der Waals surface area contributed by atoms with Crippen molar-refractivity contribution in [3.63, 3.8) is 0 Å². The summed E-state index contributed by atoms with van der Waals surface area (Å²) < 4.78 is 0. The lowest BCUT2D eigenvalue weighted by molar-refractivity contribution is -0.141. The SMILES string of the molecule is O=C(O)[C@@H]1CS[C@H](c2cccs2)N1C(=O)c1cccc(Cl)c1. The number of rotatable bonds is 3. The molecule has 2 heterocycles. The Morgan fingerprint density at radius 1 is 1.27 bits per heavy atom. The predicted molar refractivity (Wildman–Crippen MR) is 88.6 cm³/mol. The fourth-order valence-electron chi connectivity index (χ4n) is 2.37. The maximum atomic E-state index is 12.8. The van der Waals surface area contributed by atoms with Crippen molar-refractivity contribution in [1.29, 1.82) is 0 Å². The lowest BCUT2D eigenvalue weighted by Crippen LogP contribution is -2.42. The lowest BCUT2D eigenvalue weighted by atomic mass is 10.1. The molecule has 0 saturated carbocycles. The van der Waals surface area contributed by atoms with E-state index in [1.807, 2.05) is 17.5 Å². The second kappa shape index (κ2) is 6.32. The number of carbonyl (C=O) groups excluding carboxylic acids is 1. The Kier molecular flexibility index (Phi) is 4.42. The summed E-state index contributed by atoms with van der Waals surface area (Å²) in [6.07, 6.45) is 0. The van der Waals surface area contributed by atoms with Crippen LogP contribution in [0.1, 0.15) is 20.6 Å². The Balaban J connectivity index is 1.98. The molecule has 1 N–H and O–H groups in total. The Morgan fingerprint density at radius 2 is 2.09 bits per heavy atom. The van der Waals surface area contributed by atoms with Crippen LogP contribution in [0.2, 0.25) is 5.02 Å². The maximum Gasteiger partial charge on any atom is 0.327 e. The second-order valence-electron chi connectivity index (χ2n) is 4.78. The molecule has 1 aromatic carbocycles. The molecule has 0 spiro atoms. The third-order valence-electron chi connectivity index (χ3n) is 3.38. The molecular weight excluding hydrogens is 342 g/mol. The fourth-order valence-corrected chi connectivity index (χ4v) is 4.94. The van der Waals surface area contributed by atoms with E-state index in [2.05, 4.69) is 0 Å². The van der Waals surface area contributed by atoms with E-state index in [0.717, 1.165) is 4.88 Å². The zero-order valence-corrected chi connectivity index (χ0v) is 13.7. The highest BCUT2D eigenvalue weighted by atomic mass is 35.5. The van der Waals surface area contributed by atoms with E-state index in [-0.39, 0.29) is 11.3 Å². The maximum absolute atomic E-state index is 12.8. The van der Waals surface area contributed by atoms with E-state index in [4.69, 9.17) is 11.6 Å². The molecule has 1 aliphatic heterocycles. The van der Waals surface area contributed by atoms with Gasteiger partial charge in [-0.3, -0.25) is 4.79 Å². The van der Waals surface area contributed by atoms with Crippen LogP contribution in [-0.2, 0) is 4.79 Å². The predicted octanol–water partition coefficient (Wildman–Crippen LogP) is 3.74. The Bertz CT molecular complexity index is 705. The van der Waals surface area contributed by atoms with Gasteiger partial charge in [0, 0.05) is 21.2 Å². The van der Waals surface area contributed by atoms with Crippen molar-refractivity contribution in [2.45, 2.75) is 11.4 Å². The standard InChI is InChI=1S/C15H12ClNO3S2/c16-10-4-1-3-9(7-10)13(18)17-11(15(19)20)8-22-14(17)12-5-2-6-21-12/h1-7,11,14H,8H2,(H,19,20)/t11-,14+/m0/s1. The quantitative estimate of drug-likeness (QED) is 0.913. The largest absolute Gasteiger partial charge is 0.480 e. The number of halogens is 1. The number of thioether (sulfide) groups is 1. The molecule has 0 bridgehead atoms. The van der Waals surface area contributed by atoms with Crippen molar-refractivity contribution in [3.05, 3.63) is 57.2 Å². The number of aliphatic carboxylic acids is 1. The van der Waals surface area contributed by atoms with E-state index < -0.39 is 12.0 Å². The number of benzene rings is 1. The van der Waals surface area contributed by atoms with Crippen molar-refractivity contribution in [2.24, 2.45) is 0 Å². The van der Waals surface area contributed by atoms with Crippen molar-refractivity contribution in [3.8, 4) is 0 Å². The van der Waals surface area contributed by atoms with Crippen LogP contribution in [0, 0.1) is 0 Å². The van der Waals surface area contributed by atoms with Gasteiger partial charge in [-0.1, -0.05) is 23.7 Å². The van der Waals surface area contributed by atoms with E-state index in [9.17, 15) is 14.7 Å². The molecule has 4 nitrogen and oxygen atoms in total. The molecule has 1 aromatic heterocycles. The first-order valence-corrected chi connectivity index (χ1v) is 8.84. The first kappa shape index (κ1) is 15.4. The number of carboxylic acids is 1.